The Balaban J connectivity index is 1.77. The van der Waals surface area contributed by atoms with Gasteiger partial charge < -0.3 is 10.1 Å². The molecular formula is C15H23N3O. The molecule has 2 aliphatic rings. The van der Waals surface area contributed by atoms with Crippen molar-refractivity contribution >= 4 is 5.82 Å². The Labute approximate surface area is 115 Å². The highest BCUT2D eigenvalue weighted by atomic mass is 16.5. The van der Waals surface area contributed by atoms with Gasteiger partial charge in [-0.3, -0.25) is 0 Å². The number of aromatic nitrogens is 2. The van der Waals surface area contributed by atoms with Crippen molar-refractivity contribution in [2.45, 2.75) is 64.0 Å². The lowest BCUT2D eigenvalue weighted by Gasteiger charge is -2.29. The topological polar surface area (TPSA) is 47.0 Å². The molecular weight excluding hydrogens is 238 g/mol. The summed E-state index contributed by atoms with van der Waals surface area (Å²) in [6, 6.07) is 0.492. The van der Waals surface area contributed by atoms with Crippen LogP contribution < -0.4 is 5.32 Å². The fourth-order valence-corrected chi connectivity index (χ4v) is 3.14. The van der Waals surface area contributed by atoms with E-state index in [9.17, 15) is 0 Å². The molecule has 0 bridgehead atoms. The molecule has 1 aromatic heterocycles. The van der Waals surface area contributed by atoms with Crippen LogP contribution in [-0.4, -0.2) is 28.7 Å². The summed E-state index contributed by atoms with van der Waals surface area (Å²) in [7, 11) is 0. The maximum Gasteiger partial charge on any atom is 0.133 e. The molecule has 1 saturated heterocycles. The third-order valence-corrected chi connectivity index (χ3v) is 4.20. The molecule has 0 radical (unpaired) electrons. The number of aryl methyl sites for hydroxylation is 1. The molecule has 1 aliphatic carbocycles. The van der Waals surface area contributed by atoms with Crippen molar-refractivity contribution in [3.63, 3.8) is 0 Å². The number of anilines is 1. The van der Waals surface area contributed by atoms with Crippen LogP contribution in [0.1, 0.15) is 50.3 Å². The Kier molecular flexibility index (Phi) is 3.97. The van der Waals surface area contributed by atoms with E-state index in [0.29, 0.717) is 12.1 Å². The Hall–Kier alpha value is -1.16. The van der Waals surface area contributed by atoms with Gasteiger partial charge in [0.25, 0.3) is 0 Å². The summed E-state index contributed by atoms with van der Waals surface area (Å²) in [6.45, 7) is 3.00. The molecule has 0 amide bonds. The van der Waals surface area contributed by atoms with E-state index in [1.165, 1.54) is 30.5 Å². The predicted octanol–water partition coefficient (Wildman–Crippen LogP) is 2.72. The van der Waals surface area contributed by atoms with Gasteiger partial charge in [-0.25, -0.2) is 9.97 Å². The monoisotopic (exact) mass is 261 g/mol. The molecule has 1 aromatic rings. The van der Waals surface area contributed by atoms with E-state index < -0.39 is 0 Å². The van der Waals surface area contributed by atoms with Crippen molar-refractivity contribution in [2.24, 2.45) is 0 Å². The van der Waals surface area contributed by atoms with E-state index in [1.807, 2.05) is 0 Å². The van der Waals surface area contributed by atoms with Crippen LogP contribution in [0.4, 0.5) is 5.82 Å². The van der Waals surface area contributed by atoms with Gasteiger partial charge in [-0.2, -0.15) is 0 Å². The van der Waals surface area contributed by atoms with Crippen molar-refractivity contribution in [3.05, 3.63) is 17.6 Å². The summed E-state index contributed by atoms with van der Waals surface area (Å²) in [6.07, 6.45) is 10.3. The van der Waals surface area contributed by atoms with E-state index in [4.69, 9.17) is 4.74 Å². The smallest absolute Gasteiger partial charge is 0.133 e. The summed E-state index contributed by atoms with van der Waals surface area (Å²) < 4.78 is 5.61. The van der Waals surface area contributed by atoms with Crippen LogP contribution in [0.25, 0.3) is 0 Å². The minimum Gasteiger partial charge on any atom is -0.378 e. The second kappa shape index (κ2) is 5.87. The maximum atomic E-state index is 5.61. The van der Waals surface area contributed by atoms with E-state index in [-0.39, 0.29) is 0 Å². The number of ether oxygens (including phenoxy) is 1. The molecule has 4 heteroatoms. The Bertz CT molecular complexity index is 435. The second-order valence-corrected chi connectivity index (χ2v) is 5.76. The number of hydrogen-bond acceptors (Lipinski definition) is 4. The average molecular weight is 261 g/mol. The van der Waals surface area contributed by atoms with Crippen molar-refractivity contribution in [2.75, 3.05) is 11.9 Å². The Morgan fingerprint density at radius 2 is 2.11 bits per heavy atom. The highest BCUT2D eigenvalue weighted by molar-refractivity contribution is 5.47. The molecule has 19 heavy (non-hydrogen) atoms. The zero-order valence-corrected chi connectivity index (χ0v) is 11.7. The summed E-state index contributed by atoms with van der Waals surface area (Å²) >= 11 is 0. The Morgan fingerprint density at radius 3 is 3.00 bits per heavy atom. The van der Waals surface area contributed by atoms with Crippen LogP contribution >= 0.6 is 0 Å². The zero-order valence-electron chi connectivity index (χ0n) is 11.7. The molecule has 2 atom stereocenters. The van der Waals surface area contributed by atoms with Gasteiger partial charge in [0.15, 0.2) is 0 Å². The van der Waals surface area contributed by atoms with Gasteiger partial charge in [-0.15, -0.1) is 0 Å². The van der Waals surface area contributed by atoms with Gasteiger partial charge in [-0.1, -0.05) is 6.42 Å². The molecule has 2 unspecified atom stereocenters. The quantitative estimate of drug-likeness (QED) is 0.832. The van der Waals surface area contributed by atoms with Gasteiger partial charge in [0.1, 0.15) is 12.1 Å². The first-order valence-electron chi connectivity index (χ1n) is 7.54. The summed E-state index contributed by atoms with van der Waals surface area (Å²) in [5.41, 5.74) is 2.62. The minimum atomic E-state index is 0.353. The molecule has 0 spiro atoms. The third-order valence-electron chi connectivity index (χ3n) is 4.20. The van der Waals surface area contributed by atoms with Gasteiger partial charge >= 0.3 is 0 Å². The highest BCUT2D eigenvalue weighted by Gasteiger charge is 2.21. The molecule has 3 rings (SSSR count). The van der Waals surface area contributed by atoms with Crippen LogP contribution in [0.15, 0.2) is 6.33 Å². The first kappa shape index (κ1) is 12.9. The van der Waals surface area contributed by atoms with Crippen LogP contribution in [-0.2, 0) is 17.6 Å². The van der Waals surface area contributed by atoms with Gasteiger partial charge in [-0.05, 0) is 45.4 Å². The molecule has 0 aromatic carbocycles. The summed E-state index contributed by atoms with van der Waals surface area (Å²) in [5.74, 6) is 1.08. The first-order valence-corrected chi connectivity index (χ1v) is 7.54. The van der Waals surface area contributed by atoms with Crippen LogP contribution in [0.2, 0.25) is 0 Å². The summed E-state index contributed by atoms with van der Waals surface area (Å²) in [4.78, 5) is 8.96. The molecule has 104 valence electrons. The van der Waals surface area contributed by atoms with Gasteiger partial charge in [0, 0.05) is 23.9 Å². The van der Waals surface area contributed by atoms with Crippen molar-refractivity contribution in [3.8, 4) is 0 Å². The van der Waals surface area contributed by atoms with E-state index >= 15 is 0 Å². The van der Waals surface area contributed by atoms with Crippen LogP contribution in [0.5, 0.6) is 0 Å². The zero-order chi connectivity index (χ0) is 13.1. The summed E-state index contributed by atoms with van der Waals surface area (Å²) in [5, 5.41) is 3.64. The maximum absolute atomic E-state index is 5.61. The predicted molar refractivity (Wildman–Crippen MR) is 75.3 cm³/mol. The van der Waals surface area contributed by atoms with Gasteiger partial charge in [0.05, 0.1) is 6.10 Å². The molecule has 1 aliphatic heterocycles. The van der Waals surface area contributed by atoms with E-state index in [1.54, 1.807) is 6.33 Å². The molecule has 1 fully saturated rings. The Morgan fingerprint density at radius 1 is 1.21 bits per heavy atom. The van der Waals surface area contributed by atoms with Gasteiger partial charge in [0.2, 0.25) is 0 Å². The molecule has 1 N–H and O–H groups in total. The lowest BCUT2D eigenvalue weighted by atomic mass is 10.0. The lowest BCUT2D eigenvalue weighted by molar-refractivity contribution is 0.0231. The fourth-order valence-electron chi connectivity index (χ4n) is 3.14. The standard InChI is InChI=1S/C15H23N3O/c1-11-9-12(7-8-19-11)18-15-13-5-3-2-4-6-14(13)16-10-17-15/h10-12H,2-9H2,1H3,(H,16,17,18). The number of nitrogens with one attached hydrogen (secondary N) is 1. The third kappa shape index (κ3) is 3.06. The lowest BCUT2D eigenvalue weighted by Crippen LogP contribution is -2.33. The SMILES string of the molecule is CC1CC(Nc2ncnc3c2CCCCC3)CCO1. The van der Waals surface area contributed by atoms with Crippen molar-refractivity contribution in [1.29, 1.82) is 0 Å². The molecule has 0 saturated carbocycles. The first-order chi connectivity index (χ1) is 9.33. The van der Waals surface area contributed by atoms with E-state index in [2.05, 4.69) is 22.2 Å². The second-order valence-electron chi connectivity index (χ2n) is 5.76. The number of hydrogen-bond donors (Lipinski definition) is 1. The molecule has 4 nitrogen and oxygen atoms in total. The largest absolute Gasteiger partial charge is 0.378 e. The number of fused-ring (bicyclic) bond motifs is 1. The number of nitrogens with zero attached hydrogens (tertiary/aromatic N) is 2. The highest BCUT2D eigenvalue weighted by Crippen LogP contribution is 2.26. The number of rotatable bonds is 2. The van der Waals surface area contributed by atoms with E-state index in [0.717, 1.165) is 38.1 Å². The van der Waals surface area contributed by atoms with Crippen molar-refractivity contribution < 1.29 is 4.74 Å². The van der Waals surface area contributed by atoms with Crippen LogP contribution in [0, 0.1) is 0 Å². The fraction of sp³-hybridized carbons (Fsp3) is 0.733. The average Bonchev–Trinajstić information content (AvgIpc) is 2.65. The normalized spacial score (nSPS) is 27.4. The minimum absolute atomic E-state index is 0.353. The van der Waals surface area contributed by atoms with Crippen LogP contribution in [0.3, 0.4) is 0 Å². The van der Waals surface area contributed by atoms with Crippen molar-refractivity contribution in [1.82, 2.24) is 9.97 Å². The molecule has 2 heterocycles.